The summed E-state index contributed by atoms with van der Waals surface area (Å²) >= 11 is 0. The van der Waals surface area contributed by atoms with Crippen molar-refractivity contribution >= 4 is 0 Å². The van der Waals surface area contributed by atoms with Crippen LogP contribution in [0.1, 0.15) is 30.6 Å². The van der Waals surface area contributed by atoms with Crippen molar-refractivity contribution in [3.05, 3.63) is 11.7 Å². The van der Waals surface area contributed by atoms with Crippen LogP contribution in [0.3, 0.4) is 0 Å². The molecule has 1 aromatic heterocycles. The fourth-order valence-corrected chi connectivity index (χ4v) is 2.75. The van der Waals surface area contributed by atoms with Gasteiger partial charge in [-0.2, -0.15) is 4.98 Å². The molecule has 5 nitrogen and oxygen atoms in total. The van der Waals surface area contributed by atoms with E-state index >= 15 is 0 Å². The number of aromatic nitrogens is 2. The zero-order valence-corrected chi connectivity index (χ0v) is 8.76. The first-order valence-corrected chi connectivity index (χ1v) is 5.48. The quantitative estimate of drug-likeness (QED) is 0.730. The molecule has 3 saturated heterocycles. The molecule has 0 radical (unpaired) electrons. The maximum absolute atomic E-state index is 10.2. The van der Waals surface area contributed by atoms with E-state index in [-0.39, 0.29) is 12.1 Å². The Balaban J connectivity index is 1.92. The largest absolute Gasteiger partial charge is 0.391 e. The predicted molar refractivity (Wildman–Crippen MR) is 52.1 cm³/mol. The Hall–Kier alpha value is -0.940. The van der Waals surface area contributed by atoms with Gasteiger partial charge >= 0.3 is 0 Å². The van der Waals surface area contributed by atoms with Crippen LogP contribution in [0.5, 0.6) is 0 Å². The normalized spacial score (nSPS) is 39.6. The summed E-state index contributed by atoms with van der Waals surface area (Å²) in [6.07, 6.45) is 1.84. The van der Waals surface area contributed by atoms with Crippen molar-refractivity contribution in [3.63, 3.8) is 0 Å². The number of piperidine rings is 3. The highest BCUT2D eigenvalue weighted by molar-refractivity contribution is 5.03. The molecule has 3 fully saturated rings. The Labute approximate surface area is 88.1 Å². The number of nitrogens with zero attached hydrogens (tertiary/aromatic N) is 3. The summed E-state index contributed by atoms with van der Waals surface area (Å²) in [5.41, 5.74) is 0. The van der Waals surface area contributed by atoms with Crippen molar-refractivity contribution in [1.29, 1.82) is 0 Å². The number of hydrogen-bond acceptors (Lipinski definition) is 5. The monoisotopic (exact) mass is 209 g/mol. The SMILES string of the molecule is Cc1noc(C2C(O)C3CCN2CC3)n1. The molecule has 0 aromatic carbocycles. The predicted octanol–water partition coefficient (Wildman–Crippen LogP) is 0.506. The van der Waals surface area contributed by atoms with Gasteiger partial charge in [-0.05, 0) is 38.8 Å². The molecular weight excluding hydrogens is 194 g/mol. The molecule has 0 saturated carbocycles. The minimum Gasteiger partial charge on any atom is -0.391 e. The summed E-state index contributed by atoms with van der Waals surface area (Å²) < 4.78 is 5.16. The minimum atomic E-state index is -0.340. The minimum absolute atomic E-state index is 0.0706. The fraction of sp³-hybridized carbons (Fsp3) is 0.800. The molecule has 82 valence electrons. The van der Waals surface area contributed by atoms with Gasteiger partial charge in [0.25, 0.3) is 0 Å². The van der Waals surface area contributed by atoms with Crippen LogP contribution in [0.15, 0.2) is 4.52 Å². The Morgan fingerprint density at radius 1 is 1.40 bits per heavy atom. The Bertz CT molecular complexity index is 355. The highest BCUT2D eigenvalue weighted by Gasteiger charge is 2.44. The third-order valence-electron chi connectivity index (χ3n) is 3.57. The lowest BCUT2D eigenvalue weighted by atomic mass is 9.80. The van der Waals surface area contributed by atoms with E-state index in [2.05, 4.69) is 15.0 Å². The molecule has 1 N–H and O–H groups in total. The smallest absolute Gasteiger partial charge is 0.246 e. The fourth-order valence-electron chi connectivity index (χ4n) is 2.75. The van der Waals surface area contributed by atoms with Crippen LogP contribution < -0.4 is 0 Å². The molecule has 2 atom stereocenters. The van der Waals surface area contributed by atoms with E-state index in [0.717, 1.165) is 25.9 Å². The maximum Gasteiger partial charge on any atom is 0.246 e. The van der Waals surface area contributed by atoms with Gasteiger partial charge in [0.05, 0.1) is 6.10 Å². The van der Waals surface area contributed by atoms with E-state index in [0.29, 0.717) is 17.6 Å². The highest BCUT2D eigenvalue weighted by Crippen LogP contribution is 2.39. The number of aliphatic hydroxyl groups is 1. The maximum atomic E-state index is 10.2. The third kappa shape index (κ3) is 1.38. The second-order valence-corrected chi connectivity index (χ2v) is 4.49. The molecule has 0 amide bonds. The molecule has 5 heteroatoms. The van der Waals surface area contributed by atoms with Crippen molar-refractivity contribution in [3.8, 4) is 0 Å². The van der Waals surface area contributed by atoms with Gasteiger partial charge in [-0.3, -0.25) is 4.90 Å². The molecule has 3 aliphatic heterocycles. The van der Waals surface area contributed by atoms with Crippen molar-refractivity contribution in [1.82, 2.24) is 15.0 Å². The molecule has 1 aromatic rings. The average molecular weight is 209 g/mol. The first-order chi connectivity index (χ1) is 7.25. The second-order valence-electron chi connectivity index (χ2n) is 4.49. The van der Waals surface area contributed by atoms with Crippen LogP contribution in [0.25, 0.3) is 0 Å². The molecule has 0 aliphatic carbocycles. The number of fused-ring (bicyclic) bond motifs is 3. The van der Waals surface area contributed by atoms with E-state index in [4.69, 9.17) is 4.52 Å². The first kappa shape index (κ1) is 9.30. The average Bonchev–Trinajstić information content (AvgIpc) is 2.66. The van der Waals surface area contributed by atoms with Crippen LogP contribution in [0.2, 0.25) is 0 Å². The summed E-state index contributed by atoms with van der Waals surface area (Å²) in [6, 6.07) is -0.0706. The van der Waals surface area contributed by atoms with Crippen LogP contribution >= 0.6 is 0 Å². The van der Waals surface area contributed by atoms with Gasteiger partial charge in [0.15, 0.2) is 5.82 Å². The van der Waals surface area contributed by atoms with Gasteiger partial charge in [0, 0.05) is 0 Å². The summed E-state index contributed by atoms with van der Waals surface area (Å²) in [6.45, 7) is 3.87. The highest BCUT2D eigenvalue weighted by atomic mass is 16.5. The standard InChI is InChI=1S/C10H15N3O2/c1-6-11-10(15-12-6)8-9(14)7-2-4-13(8)5-3-7/h7-9,14H,2-5H2,1H3. The lowest BCUT2D eigenvalue weighted by Gasteiger charge is -2.47. The van der Waals surface area contributed by atoms with Crippen molar-refractivity contribution in [2.24, 2.45) is 5.92 Å². The second kappa shape index (κ2) is 3.28. The van der Waals surface area contributed by atoms with Gasteiger partial charge < -0.3 is 9.63 Å². The van der Waals surface area contributed by atoms with Gasteiger partial charge in [0.1, 0.15) is 6.04 Å². The summed E-state index contributed by atoms with van der Waals surface area (Å²) in [4.78, 5) is 6.47. The molecular formula is C10H15N3O2. The van der Waals surface area contributed by atoms with E-state index in [1.165, 1.54) is 0 Å². The molecule has 2 bridgehead atoms. The number of hydrogen-bond donors (Lipinski definition) is 1. The van der Waals surface area contributed by atoms with E-state index in [9.17, 15) is 5.11 Å². The number of aliphatic hydroxyl groups excluding tert-OH is 1. The van der Waals surface area contributed by atoms with Gasteiger partial charge in [-0.25, -0.2) is 0 Å². The molecule has 3 aliphatic rings. The topological polar surface area (TPSA) is 62.4 Å². The Kier molecular flexibility index (Phi) is 2.03. The van der Waals surface area contributed by atoms with Crippen molar-refractivity contribution in [2.45, 2.75) is 31.9 Å². The molecule has 0 spiro atoms. The first-order valence-electron chi connectivity index (χ1n) is 5.48. The lowest BCUT2D eigenvalue weighted by molar-refractivity contribution is -0.0841. The molecule has 15 heavy (non-hydrogen) atoms. The van der Waals surface area contributed by atoms with E-state index < -0.39 is 0 Å². The van der Waals surface area contributed by atoms with Crippen LogP contribution in [0.4, 0.5) is 0 Å². The van der Waals surface area contributed by atoms with E-state index in [1.54, 1.807) is 6.92 Å². The van der Waals surface area contributed by atoms with Crippen molar-refractivity contribution < 1.29 is 9.63 Å². The van der Waals surface area contributed by atoms with Gasteiger partial charge in [-0.15, -0.1) is 0 Å². The van der Waals surface area contributed by atoms with Gasteiger partial charge in [0.2, 0.25) is 5.89 Å². The summed E-state index contributed by atoms with van der Waals surface area (Å²) in [7, 11) is 0. The van der Waals surface area contributed by atoms with Crippen molar-refractivity contribution in [2.75, 3.05) is 13.1 Å². The van der Waals surface area contributed by atoms with Crippen LogP contribution in [0, 0.1) is 12.8 Å². The summed E-state index contributed by atoms with van der Waals surface area (Å²) in [5.74, 6) is 1.62. The molecule has 4 rings (SSSR count). The Morgan fingerprint density at radius 3 is 2.67 bits per heavy atom. The molecule has 4 heterocycles. The third-order valence-corrected chi connectivity index (χ3v) is 3.57. The van der Waals surface area contributed by atoms with Crippen LogP contribution in [-0.4, -0.2) is 39.3 Å². The summed E-state index contributed by atoms with van der Waals surface area (Å²) in [5, 5.41) is 13.9. The zero-order valence-electron chi connectivity index (χ0n) is 8.76. The number of rotatable bonds is 1. The Morgan fingerprint density at radius 2 is 2.13 bits per heavy atom. The lowest BCUT2D eigenvalue weighted by Crippen LogP contribution is -2.52. The number of aryl methyl sites for hydroxylation is 1. The van der Waals surface area contributed by atoms with Crippen LogP contribution in [-0.2, 0) is 0 Å². The van der Waals surface area contributed by atoms with Gasteiger partial charge in [-0.1, -0.05) is 5.16 Å². The molecule has 2 unspecified atom stereocenters. The zero-order chi connectivity index (χ0) is 10.4. The van der Waals surface area contributed by atoms with E-state index in [1.807, 2.05) is 0 Å².